The number of carbonyl (C=O) groups is 2. The highest BCUT2D eigenvalue weighted by atomic mass is 35.5. The molecule has 8 nitrogen and oxygen atoms in total. The van der Waals surface area contributed by atoms with E-state index in [0.717, 1.165) is 37.9 Å². The van der Waals surface area contributed by atoms with Gasteiger partial charge in [0.1, 0.15) is 10.3 Å². The number of hydrogen-bond acceptors (Lipinski definition) is 6. The zero-order valence-electron chi connectivity index (χ0n) is 19.2. The molecule has 0 bridgehead atoms. The van der Waals surface area contributed by atoms with Crippen LogP contribution in [0.15, 0.2) is 22.9 Å². The highest BCUT2D eigenvalue weighted by Crippen LogP contribution is 2.23. The highest BCUT2D eigenvalue weighted by molar-refractivity contribution is 7.07. The van der Waals surface area contributed by atoms with Gasteiger partial charge in [0.15, 0.2) is 6.19 Å². The Morgan fingerprint density at radius 2 is 2.12 bits per heavy atom. The van der Waals surface area contributed by atoms with Gasteiger partial charge in [-0.25, -0.2) is 15.1 Å². The number of likely N-dealkylation sites (tertiary alicyclic amines) is 1. The third-order valence-electron chi connectivity index (χ3n) is 6.14. The predicted octanol–water partition coefficient (Wildman–Crippen LogP) is 4.42. The van der Waals surface area contributed by atoms with E-state index in [2.05, 4.69) is 27.4 Å². The van der Waals surface area contributed by atoms with Crippen molar-refractivity contribution in [2.75, 3.05) is 19.6 Å². The summed E-state index contributed by atoms with van der Waals surface area (Å²) < 4.78 is 0. The SMILES string of the molecule is Cc1cc(Cl)nc(Cl)c1C(=O)NCC[C@@H](C)N1CCC(N(Cc2ccsc2)C(=O)NC#N)CC1. The Hall–Kier alpha value is -2.38. The molecule has 34 heavy (non-hydrogen) atoms. The maximum absolute atomic E-state index is 12.6. The Morgan fingerprint density at radius 1 is 1.38 bits per heavy atom. The molecule has 1 fully saturated rings. The molecule has 2 aromatic rings. The standard InChI is InChI=1S/C23H28Cl2N6O2S/c1-15-11-19(24)29-21(25)20(15)22(32)27-7-3-16(2)30-8-4-18(5-9-30)31(23(33)28-14-26)12-17-6-10-34-13-17/h6,10-11,13,16,18H,3-5,7-9,12H2,1-2H3,(H,27,32)(H,28,33)/t16-/m1/s1. The van der Waals surface area contributed by atoms with Gasteiger partial charge in [0, 0.05) is 38.3 Å². The summed E-state index contributed by atoms with van der Waals surface area (Å²) in [5.74, 6) is -0.259. The van der Waals surface area contributed by atoms with Crippen LogP contribution in [0.4, 0.5) is 4.79 Å². The fraction of sp³-hybridized carbons (Fsp3) is 0.478. The molecule has 0 saturated carbocycles. The van der Waals surface area contributed by atoms with E-state index in [1.165, 1.54) is 0 Å². The Kier molecular flexibility index (Phi) is 9.54. The maximum Gasteiger partial charge on any atom is 0.331 e. The molecule has 0 aromatic carbocycles. The van der Waals surface area contributed by atoms with E-state index in [4.69, 9.17) is 28.5 Å². The number of aromatic nitrogens is 1. The van der Waals surface area contributed by atoms with Crippen LogP contribution < -0.4 is 10.6 Å². The first-order chi connectivity index (χ1) is 16.3. The minimum Gasteiger partial charge on any atom is -0.352 e. The van der Waals surface area contributed by atoms with Crippen molar-refractivity contribution in [1.82, 2.24) is 25.4 Å². The Morgan fingerprint density at radius 3 is 2.74 bits per heavy atom. The van der Waals surface area contributed by atoms with Crippen molar-refractivity contribution in [2.45, 2.75) is 51.7 Å². The van der Waals surface area contributed by atoms with E-state index in [0.29, 0.717) is 24.2 Å². The van der Waals surface area contributed by atoms with Gasteiger partial charge in [0.05, 0.1) is 5.56 Å². The summed E-state index contributed by atoms with van der Waals surface area (Å²) in [7, 11) is 0. The van der Waals surface area contributed by atoms with Gasteiger partial charge in [-0.05, 0) is 67.1 Å². The molecule has 3 amide bonds. The van der Waals surface area contributed by atoms with Crippen LogP contribution >= 0.6 is 34.5 Å². The quantitative estimate of drug-likeness (QED) is 0.303. The van der Waals surface area contributed by atoms with Crippen LogP contribution in [0.2, 0.25) is 10.3 Å². The summed E-state index contributed by atoms with van der Waals surface area (Å²) >= 11 is 13.6. The lowest BCUT2D eigenvalue weighted by Gasteiger charge is -2.40. The molecule has 11 heteroatoms. The van der Waals surface area contributed by atoms with Gasteiger partial charge in [-0.3, -0.25) is 4.79 Å². The summed E-state index contributed by atoms with van der Waals surface area (Å²) in [4.78, 5) is 33.1. The topological polar surface area (TPSA) is 101 Å². The van der Waals surface area contributed by atoms with Crippen LogP contribution in [-0.2, 0) is 6.54 Å². The molecule has 1 aliphatic heterocycles. The highest BCUT2D eigenvalue weighted by Gasteiger charge is 2.30. The van der Waals surface area contributed by atoms with E-state index < -0.39 is 0 Å². The molecule has 1 aliphatic rings. The lowest BCUT2D eigenvalue weighted by molar-refractivity contribution is 0.0910. The second kappa shape index (κ2) is 12.4. The first-order valence-electron chi connectivity index (χ1n) is 11.1. The van der Waals surface area contributed by atoms with Crippen LogP contribution in [-0.4, -0.2) is 58.4 Å². The van der Waals surface area contributed by atoms with E-state index in [-0.39, 0.29) is 34.3 Å². The van der Waals surface area contributed by atoms with E-state index in [9.17, 15) is 9.59 Å². The van der Waals surface area contributed by atoms with Gasteiger partial charge in [0.25, 0.3) is 5.91 Å². The van der Waals surface area contributed by atoms with E-state index >= 15 is 0 Å². The number of pyridine rings is 1. The van der Waals surface area contributed by atoms with E-state index in [1.807, 2.05) is 16.8 Å². The van der Waals surface area contributed by atoms with Crippen LogP contribution in [0.1, 0.15) is 47.7 Å². The fourth-order valence-electron chi connectivity index (χ4n) is 4.24. The third kappa shape index (κ3) is 6.83. The van der Waals surface area contributed by atoms with Gasteiger partial charge in [-0.2, -0.15) is 16.6 Å². The van der Waals surface area contributed by atoms with Crippen molar-refractivity contribution in [2.24, 2.45) is 0 Å². The number of nitrogens with zero attached hydrogens (tertiary/aromatic N) is 4. The molecular weight excluding hydrogens is 495 g/mol. The number of piperidine rings is 1. The number of thiophene rings is 1. The first kappa shape index (κ1) is 26.2. The number of hydrogen-bond donors (Lipinski definition) is 2. The average molecular weight is 523 g/mol. The molecule has 3 rings (SSSR count). The van der Waals surface area contributed by atoms with E-state index in [1.54, 1.807) is 35.4 Å². The summed E-state index contributed by atoms with van der Waals surface area (Å²) in [6.07, 6.45) is 4.17. The predicted molar refractivity (Wildman–Crippen MR) is 134 cm³/mol. The fourth-order valence-corrected chi connectivity index (χ4v) is 5.51. The minimum absolute atomic E-state index is 0.0684. The maximum atomic E-state index is 12.6. The Bertz CT molecular complexity index is 1010. The number of rotatable bonds is 8. The number of urea groups is 1. The minimum atomic E-state index is -0.353. The Labute approximate surface area is 213 Å². The van der Waals surface area contributed by atoms with Crippen molar-refractivity contribution in [3.05, 3.63) is 49.9 Å². The van der Waals surface area contributed by atoms with Crippen molar-refractivity contribution in [1.29, 1.82) is 5.26 Å². The average Bonchev–Trinajstić information content (AvgIpc) is 3.30. The molecule has 1 saturated heterocycles. The zero-order valence-corrected chi connectivity index (χ0v) is 21.5. The molecule has 0 unspecified atom stereocenters. The summed E-state index contributed by atoms with van der Waals surface area (Å²) in [5, 5.41) is 18.5. The molecule has 0 radical (unpaired) electrons. The van der Waals surface area contributed by atoms with Crippen LogP contribution in [0, 0.1) is 18.4 Å². The monoisotopic (exact) mass is 522 g/mol. The molecule has 1 atom stereocenters. The number of aryl methyl sites for hydroxylation is 1. The number of amides is 3. The van der Waals surface area contributed by atoms with Crippen molar-refractivity contribution in [3.63, 3.8) is 0 Å². The molecule has 2 aromatic heterocycles. The van der Waals surface area contributed by atoms with Crippen LogP contribution in [0.5, 0.6) is 0 Å². The Balaban J connectivity index is 1.49. The number of carbonyl (C=O) groups excluding carboxylic acids is 2. The zero-order chi connectivity index (χ0) is 24.7. The van der Waals surface area contributed by atoms with Gasteiger partial charge >= 0.3 is 6.03 Å². The normalized spacial score (nSPS) is 15.4. The molecule has 182 valence electrons. The molecule has 2 N–H and O–H groups in total. The number of halogens is 2. The summed E-state index contributed by atoms with van der Waals surface area (Å²) in [5.41, 5.74) is 2.10. The van der Waals surface area contributed by atoms with Gasteiger partial charge in [-0.15, -0.1) is 0 Å². The van der Waals surface area contributed by atoms with Crippen LogP contribution in [0.3, 0.4) is 0 Å². The largest absolute Gasteiger partial charge is 0.352 e. The number of nitriles is 1. The van der Waals surface area contributed by atoms with Gasteiger partial charge in [0.2, 0.25) is 0 Å². The second-order valence-electron chi connectivity index (χ2n) is 8.39. The smallest absolute Gasteiger partial charge is 0.331 e. The first-order valence-corrected chi connectivity index (χ1v) is 12.8. The second-order valence-corrected chi connectivity index (χ2v) is 9.92. The van der Waals surface area contributed by atoms with Crippen molar-refractivity contribution >= 4 is 46.5 Å². The van der Waals surface area contributed by atoms with Gasteiger partial charge < -0.3 is 15.1 Å². The summed E-state index contributed by atoms with van der Waals surface area (Å²) in [6, 6.07) is 3.59. The molecule has 3 heterocycles. The molecule has 0 aliphatic carbocycles. The third-order valence-corrected chi connectivity index (χ3v) is 7.34. The van der Waals surface area contributed by atoms with Crippen molar-refractivity contribution < 1.29 is 9.59 Å². The lowest BCUT2D eigenvalue weighted by Crippen LogP contribution is -2.51. The van der Waals surface area contributed by atoms with Crippen LogP contribution in [0.25, 0.3) is 0 Å². The number of nitrogens with one attached hydrogen (secondary N) is 2. The molecule has 0 spiro atoms. The van der Waals surface area contributed by atoms with Gasteiger partial charge in [-0.1, -0.05) is 23.2 Å². The lowest BCUT2D eigenvalue weighted by atomic mass is 10.0. The molecular formula is C23H28Cl2N6O2S. The van der Waals surface area contributed by atoms with Crippen molar-refractivity contribution in [3.8, 4) is 6.19 Å². The summed E-state index contributed by atoms with van der Waals surface area (Å²) in [6.45, 7) is 6.59.